The summed E-state index contributed by atoms with van der Waals surface area (Å²) in [6.07, 6.45) is 5.07. The lowest BCUT2D eigenvalue weighted by Gasteiger charge is -2.15. The Morgan fingerprint density at radius 2 is 2.05 bits per heavy atom. The van der Waals surface area contributed by atoms with E-state index in [-0.39, 0.29) is 11.9 Å². The number of aryl methyl sites for hydroxylation is 1. The summed E-state index contributed by atoms with van der Waals surface area (Å²) in [5.74, 6) is 2.00. The molecule has 0 radical (unpaired) electrons. The Labute approximate surface area is 126 Å². The van der Waals surface area contributed by atoms with Gasteiger partial charge in [0.05, 0.1) is 6.04 Å². The molecule has 1 aliphatic rings. The monoisotopic (exact) mass is 293 g/mol. The highest BCUT2D eigenvalue weighted by molar-refractivity contribution is 5.76. The van der Waals surface area contributed by atoms with Gasteiger partial charge < -0.3 is 15.2 Å². The van der Waals surface area contributed by atoms with E-state index in [4.69, 9.17) is 0 Å². The van der Waals surface area contributed by atoms with Crippen molar-refractivity contribution in [3.63, 3.8) is 0 Å². The maximum atomic E-state index is 12.0. The van der Waals surface area contributed by atoms with E-state index < -0.39 is 0 Å². The highest BCUT2D eigenvalue weighted by Gasteiger charge is 2.20. The molecule has 1 aromatic heterocycles. The van der Waals surface area contributed by atoms with Crippen molar-refractivity contribution in [3.8, 4) is 0 Å². The molecule has 118 valence electrons. The third kappa shape index (κ3) is 4.52. The molecule has 1 amide bonds. The third-order valence-corrected chi connectivity index (χ3v) is 3.81. The summed E-state index contributed by atoms with van der Waals surface area (Å²) >= 11 is 0. The highest BCUT2D eigenvalue weighted by atomic mass is 16.1. The summed E-state index contributed by atoms with van der Waals surface area (Å²) < 4.78 is 2.18. The average Bonchev–Trinajstić information content (AvgIpc) is 2.67. The van der Waals surface area contributed by atoms with Gasteiger partial charge >= 0.3 is 0 Å². The van der Waals surface area contributed by atoms with E-state index in [0.717, 1.165) is 31.0 Å². The van der Waals surface area contributed by atoms with Crippen LogP contribution in [0.2, 0.25) is 0 Å². The Hall–Kier alpha value is -1.43. The number of hydrogen-bond donors (Lipinski definition) is 2. The van der Waals surface area contributed by atoms with Gasteiger partial charge in [0.2, 0.25) is 5.91 Å². The van der Waals surface area contributed by atoms with Crippen LogP contribution in [0.15, 0.2) is 0 Å². The van der Waals surface area contributed by atoms with Gasteiger partial charge in [-0.3, -0.25) is 4.79 Å². The van der Waals surface area contributed by atoms with Crippen molar-refractivity contribution in [2.45, 2.75) is 71.5 Å². The van der Waals surface area contributed by atoms with E-state index in [1.54, 1.807) is 0 Å². The minimum absolute atomic E-state index is 0.0571. The molecule has 1 atom stereocenters. The largest absolute Gasteiger partial charge is 0.346 e. The van der Waals surface area contributed by atoms with E-state index in [1.807, 2.05) is 6.92 Å². The molecule has 21 heavy (non-hydrogen) atoms. The molecule has 1 unspecified atom stereocenters. The fraction of sp³-hybridized carbons (Fsp3) is 0.800. The van der Waals surface area contributed by atoms with Gasteiger partial charge in [-0.25, -0.2) is 0 Å². The first-order valence-corrected chi connectivity index (χ1v) is 8.02. The van der Waals surface area contributed by atoms with E-state index in [1.165, 1.54) is 12.8 Å². The fourth-order valence-electron chi connectivity index (χ4n) is 2.68. The molecular weight excluding hydrogens is 266 g/mol. The molecule has 2 heterocycles. The molecule has 6 heteroatoms. The molecule has 0 saturated carbocycles. The molecular formula is C15H27N5O. The number of hydrogen-bond acceptors (Lipinski definition) is 4. The second-order valence-electron chi connectivity index (χ2n) is 6.08. The Kier molecular flexibility index (Phi) is 5.73. The molecule has 0 fully saturated rings. The fourth-order valence-corrected chi connectivity index (χ4v) is 2.68. The van der Waals surface area contributed by atoms with Crippen LogP contribution in [0.4, 0.5) is 0 Å². The van der Waals surface area contributed by atoms with Crippen LogP contribution in [0.3, 0.4) is 0 Å². The van der Waals surface area contributed by atoms with Crippen molar-refractivity contribution in [2.24, 2.45) is 0 Å². The summed E-state index contributed by atoms with van der Waals surface area (Å²) in [5.41, 5.74) is 0. The molecule has 1 aliphatic heterocycles. The number of carbonyl (C=O) groups is 1. The van der Waals surface area contributed by atoms with Gasteiger partial charge in [-0.05, 0) is 19.8 Å². The zero-order chi connectivity index (χ0) is 15.2. The van der Waals surface area contributed by atoms with Crippen LogP contribution in [0.25, 0.3) is 0 Å². The van der Waals surface area contributed by atoms with Crippen LogP contribution in [0, 0.1) is 0 Å². The Morgan fingerprint density at radius 1 is 1.24 bits per heavy atom. The first kappa shape index (κ1) is 15.9. The molecule has 0 spiro atoms. The topological polar surface area (TPSA) is 71.8 Å². The number of nitrogens with one attached hydrogen (secondary N) is 2. The van der Waals surface area contributed by atoms with Gasteiger partial charge in [0.15, 0.2) is 5.82 Å². The summed E-state index contributed by atoms with van der Waals surface area (Å²) in [5, 5.41) is 14.8. The zero-order valence-corrected chi connectivity index (χ0v) is 13.4. The Balaban J connectivity index is 1.90. The van der Waals surface area contributed by atoms with Crippen LogP contribution in [-0.4, -0.2) is 33.3 Å². The van der Waals surface area contributed by atoms with Gasteiger partial charge in [0, 0.05) is 32.0 Å². The van der Waals surface area contributed by atoms with Crippen molar-refractivity contribution < 1.29 is 4.79 Å². The van der Waals surface area contributed by atoms with Crippen LogP contribution in [0.5, 0.6) is 0 Å². The van der Waals surface area contributed by atoms with Gasteiger partial charge in [-0.1, -0.05) is 20.3 Å². The second kappa shape index (κ2) is 7.54. The molecule has 0 aromatic carbocycles. The maximum Gasteiger partial charge on any atom is 0.221 e. The zero-order valence-electron chi connectivity index (χ0n) is 13.4. The molecule has 0 bridgehead atoms. The van der Waals surface area contributed by atoms with Gasteiger partial charge in [0.1, 0.15) is 5.82 Å². The Morgan fingerprint density at radius 3 is 2.81 bits per heavy atom. The number of amides is 1. The Bertz CT molecular complexity index is 469. The number of aromatic nitrogens is 3. The van der Waals surface area contributed by atoms with Crippen LogP contribution >= 0.6 is 0 Å². The maximum absolute atomic E-state index is 12.0. The molecule has 2 rings (SSSR count). The number of fused-ring (bicyclic) bond motifs is 1. The third-order valence-electron chi connectivity index (χ3n) is 3.81. The smallest absolute Gasteiger partial charge is 0.221 e. The van der Waals surface area contributed by atoms with Gasteiger partial charge in [-0.2, -0.15) is 0 Å². The van der Waals surface area contributed by atoms with E-state index in [2.05, 4.69) is 39.2 Å². The average molecular weight is 293 g/mol. The SMILES string of the molecule is CC(C)NCCC(=O)NC(C)c1nnc2n1CCCCC2. The van der Waals surface area contributed by atoms with Crippen LogP contribution in [-0.2, 0) is 17.8 Å². The lowest BCUT2D eigenvalue weighted by atomic mass is 10.2. The van der Waals surface area contributed by atoms with Crippen LogP contribution in [0.1, 0.15) is 64.1 Å². The van der Waals surface area contributed by atoms with Gasteiger partial charge in [0.25, 0.3) is 0 Å². The van der Waals surface area contributed by atoms with E-state index in [9.17, 15) is 4.79 Å². The van der Waals surface area contributed by atoms with Crippen molar-refractivity contribution >= 4 is 5.91 Å². The summed E-state index contributed by atoms with van der Waals surface area (Å²) in [6, 6.07) is 0.318. The molecule has 6 nitrogen and oxygen atoms in total. The molecule has 2 N–H and O–H groups in total. The lowest BCUT2D eigenvalue weighted by Crippen LogP contribution is -2.33. The van der Waals surface area contributed by atoms with Crippen molar-refractivity contribution in [3.05, 3.63) is 11.6 Å². The second-order valence-corrected chi connectivity index (χ2v) is 6.08. The number of nitrogens with zero attached hydrogens (tertiary/aromatic N) is 3. The predicted molar refractivity (Wildman–Crippen MR) is 81.9 cm³/mol. The number of rotatable bonds is 6. The summed E-state index contributed by atoms with van der Waals surface area (Å²) in [7, 11) is 0. The standard InChI is InChI=1S/C15H27N5O/c1-11(2)16-9-8-14(21)17-12(3)15-19-18-13-7-5-4-6-10-20(13)15/h11-12,16H,4-10H2,1-3H3,(H,17,21). The molecule has 1 aromatic rings. The minimum Gasteiger partial charge on any atom is -0.346 e. The van der Waals surface area contributed by atoms with Gasteiger partial charge in [-0.15, -0.1) is 10.2 Å². The lowest BCUT2D eigenvalue weighted by molar-refractivity contribution is -0.121. The van der Waals surface area contributed by atoms with Crippen molar-refractivity contribution in [1.29, 1.82) is 0 Å². The highest BCUT2D eigenvalue weighted by Crippen LogP contribution is 2.18. The minimum atomic E-state index is -0.0871. The van der Waals surface area contributed by atoms with Crippen molar-refractivity contribution in [2.75, 3.05) is 6.54 Å². The van der Waals surface area contributed by atoms with Crippen LogP contribution < -0.4 is 10.6 Å². The summed E-state index contributed by atoms with van der Waals surface area (Å²) in [4.78, 5) is 12.0. The first-order chi connectivity index (χ1) is 10.1. The van der Waals surface area contributed by atoms with E-state index >= 15 is 0 Å². The number of carbonyl (C=O) groups excluding carboxylic acids is 1. The predicted octanol–water partition coefficient (Wildman–Crippen LogP) is 1.57. The summed E-state index contributed by atoms with van der Waals surface area (Å²) in [6.45, 7) is 7.80. The molecule has 0 aliphatic carbocycles. The van der Waals surface area contributed by atoms with Crippen molar-refractivity contribution in [1.82, 2.24) is 25.4 Å². The molecule has 0 saturated heterocycles. The quantitative estimate of drug-likeness (QED) is 0.835. The first-order valence-electron chi connectivity index (χ1n) is 8.02. The normalized spacial score (nSPS) is 16.4. The van der Waals surface area contributed by atoms with E-state index in [0.29, 0.717) is 19.0 Å².